The molecular weight excluding hydrogens is 248 g/mol. The van der Waals surface area contributed by atoms with Crippen LogP contribution in [0.5, 0.6) is 0 Å². The van der Waals surface area contributed by atoms with Crippen molar-refractivity contribution in [1.29, 1.82) is 0 Å². The van der Waals surface area contributed by atoms with E-state index in [2.05, 4.69) is 49.2 Å². The van der Waals surface area contributed by atoms with Crippen LogP contribution >= 0.6 is 0 Å². The zero-order chi connectivity index (χ0) is 14.5. The van der Waals surface area contributed by atoms with Gasteiger partial charge in [-0.25, -0.2) is 0 Å². The third-order valence-electron chi connectivity index (χ3n) is 4.48. The van der Waals surface area contributed by atoms with Crippen molar-refractivity contribution >= 4 is 0 Å². The molecule has 0 spiro atoms. The number of hydrogen-bond acceptors (Lipinski definition) is 3. The fraction of sp³-hybridized carbons (Fsp3) is 0.812. The van der Waals surface area contributed by atoms with Gasteiger partial charge in [0.2, 0.25) is 0 Å². The molecule has 1 aliphatic heterocycles. The smallest absolute Gasteiger partial charge is 0.0597 e. The van der Waals surface area contributed by atoms with E-state index in [9.17, 15) is 0 Å². The molecule has 2 unspecified atom stereocenters. The third-order valence-corrected chi connectivity index (χ3v) is 4.48. The normalized spacial score (nSPS) is 24.2. The summed E-state index contributed by atoms with van der Waals surface area (Å²) in [4.78, 5) is 2.59. The summed E-state index contributed by atoms with van der Waals surface area (Å²) < 4.78 is 2.03. The van der Waals surface area contributed by atoms with E-state index in [0.717, 1.165) is 24.7 Å². The summed E-state index contributed by atoms with van der Waals surface area (Å²) in [7, 11) is 2.05. The number of rotatable bonds is 6. The van der Waals surface area contributed by atoms with E-state index >= 15 is 0 Å². The van der Waals surface area contributed by atoms with Gasteiger partial charge in [-0.2, -0.15) is 5.10 Å². The van der Waals surface area contributed by atoms with Crippen molar-refractivity contribution in [3.8, 4) is 0 Å². The van der Waals surface area contributed by atoms with Crippen molar-refractivity contribution < 1.29 is 0 Å². The number of nitrogens with one attached hydrogen (secondary N) is 1. The number of hydrogen-bond donors (Lipinski definition) is 1. The van der Waals surface area contributed by atoms with Crippen LogP contribution in [0.1, 0.15) is 44.5 Å². The fourth-order valence-electron chi connectivity index (χ4n) is 3.30. The Labute approximate surface area is 123 Å². The van der Waals surface area contributed by atoms with Gasteiger partial charge in [-0.15, -0.1) is 0 Å². The summed E-state index contributed by atoms with van der Waals surface area (Å²) in [5, 5.41) is 8.18. The number of aryl methyl sites for hydroxylation is 2. The second-order valence-electron chi connectivity index (χ2n) is 6.15. The van der Waals surface area contributed by atoms with E-state index in [4.69, 9.17) is 0 Å². The van der Waals surface area contributed by atoms with Crippen LogP contribution in [0.3, 0.4) is 0 Å². The predicted molar refractivity (Wildman–Crippen MR) is 83.7 cm³/mol. The quantitative estimate of drug-likeness (QED) is 0.867. The average molecular weight is 278 g/mol. The standard InChI is InChI=1S/C16H30N4/c1-5-8-17-16-7-9-20(11-14(16)6-2)12-15-10-13(3)18-19(15)4/h10,14,16-17H,5-9,11-12H2,1-4H3. The van der Waals surface area contributed by atoms with Crippen LogP contribution in [-0.2, 0) is 13.6 Å². The first-order valence-electron chi connectivity index (χ1n) is 8.09. The molecule has 1 fully saturated rings. The maximum atomic E-state index is 4.45. The van der Waals surface area contributed by atoms with Crippen LogP contribution < -0.4 is 5.32 Å². The zero-order valence-corrected chi connectivity index (χ0v) is 13.5. The van der Waals surface area contributed by atoms with Crippen LogP contribution in [0.4, 0.5) is 0 Å². The van der Waals surface area contributed by atoms with Crippen molar-refractivity contribution in [2.45, 2.75) is 52.6 Å². The van der Waals surface area contributed by atoms with Crippen molar-refractivity contribution in [2.75, 3.05) is 19.6 Å². The zero-order valence-electron chi connectivity index (χ0n) is 13.5. The van der Waals surface area contributed by atoms with Gasteiger partial charge < -0.3 is 5.32 Å². The monoisotopic (exact) mass is 278 g/mol. The first-order chi connectivity index (χ1) is 9.63. The van der Waals surface area contributed by atoms with Crippen LogP contribution in [-0.4, -0.2) is 40.4 Å². The van der Waals surface area contributed by atoms with Crippen molar-refractivity contribution in [3.63, 3.8) is 0 Å². The second kappa shape index (κ2) is 7.23. The Hall–Kier alpha value is -0.870. The molecule has 0 bridgehead atoms. The minimum Gasteiger partial charge on any atom is -0.314 e. The van der Waals surface area contributed by atoms with Gasteiger partial charge in [-0.05, 0) is 38.3 Å². The summed E-state index contributed by atoms with van der Waals surface area (Å²) in [6, 6.07) is 2.92. The largest absolute Gasteiger partial charge is 0.314 e. The summed E-state index contributed by atoms with van der Waals surface area (Å²) >= 11 is 0. The van der Waals surface area contributed by atoms with Gasteiger partial charge in [0.25, 0.3) is 0 Å². The van der Waals surface area contributed by atoms with E-state index in [1.807, 2.05) is 4.68 Å². The number of piperidine rings is 1. The van der Waals surface area contributed by atoms with E-state index in [1.165, 1.54) is 38.0 Å². The molecule has 1 saturated heterocycles. The van der Waals surface area contributed by atoms with E-state index in [0.29, 0.717) is 6.04 Å². The summed E-state index contributed by atoms with van der Waals surface area (Å²) in [5.41, 5.74) is 2.45. The van der Waals surface area contributed by atoms with Gasteiger partial charge in [0.05, 0.1) is 11.4 Å². The fourth-order valence-corrected chi connectivity index (χ4v) is 3.30. The lowest BCUT2D eigenvalue weighted by Gasteiger charge is -2.38. The molecule has 1 aromatic heterocycles. The predicted octanol–water partition coefficient (Wildman–Crippen LogP) is 2.33. The van der Waals surface area contributed by atoms with Crippen LogP contribution in [0.2, 0.25) is 0 Å². The molecule has 0 aliphatic carbocycles. The molecule has 2 heterocycles. The Bertz CT molecular complexity index is 413. The summed E-state index contributed by atoms with van der Waals surface area (Å²) in [6.07, 6.45) is 3.77. The Kier molecular flexibility index (Phi) is 5.61. The highest BCUT2D eigenvalue weighted by atomic mass is 15.3. The average Bonchev–Trinajstić information content (AvgIpc) is 2.75. The molecule has 20 heavy (non-hydrogen) atoms. The summed E-state index contributed by atoms with van der Waals surface area (Å²) in [5.74, 6) is 0.782. The molecule has 0 saturated carbocycles. The first-order valence-corrected chi connectivity index (χ1v) is 8.09. The van der Waals surface area contributed by atoms with E-state index in [-0.39, 0.29) is 0 Å². The molecule has 0 radical (unpaired) electrons. The number of aromatic nitrogens is 2. The number of nitrogens with zero attached hydrogens (tertiary/aromatic N) is 3. The van der Waals surface area contributed by atoms with Crippen molar-refractivity contribution in [2.24, 2.45) is 13.0 Å². The molecule has 1 aliphatic rings. The lowest BCUT2D eigenvalue weighted by molar-refractivity contribution is 0.126. The second-order valence-corrected chi connectivity index (χ2v) is 6.15. The topological polar surface area (TPSA) is 33.1 Å². The maximum Gasteiger partial charge on any atom is 0.0597 e. The molecule has 4 nitrogen and oxygen atoms in total. The molecule has 0 aromatic carbocycles. The van der Waals surface area contributed by atoms with Crippen LogP contribution in [0, 0.1) is 12.8 Å². The molecule has 2 atom stereocenters. The molecule has 1 N–H and O–H groups in total. The highest BCUT2D eigenvalue weighted by molar-refractivity contribution is 5.08. The van der Waals surface area contributed by atoms with E-state index in [1.54, 1.807) is 0 Å². The Morgan fingerprint density at radius 1 is 1.40 bits per heavy atom. The third kappa shape index (κ3) is 3.83. The molecule has 114 valence electrons. The molecular formula is C16H30N4. The first kappa shape index (κ1) is 15.5. The lowest BCUT2D eigenvalue weighted by atomic mass is 9.89. The van der Waals surface area contributed by atoms with E-state index < -0.39 is 0 Å². The molecule has 2 rings (SSSR count). The minimum atomic E-state index is 0.712. The van der Waals surface area contributed by atoms with Gasteiger partial charge in [-0.1, -0.05) is 20.3 Å². The molecule has 1 aromatic rings. The molecule has 4 heteroatoms. The van der Waals surface area contributed by atoms with Crippen molar-refractivity contribution in [3.05, 3.63) is 17.5 Å². The highest BCUT2D eigenvalue weighted by Gasteiger charge is 2.27. The van der Waals surface area contributed by atoms with Gasteiger partial charge in [-0.3, -0.25) is 9.58 Å². The highest BCUT2D eigenvalue weighted by Crippen LogP contribution is 2.22. The van der Waals surface area contributed by atoms with Crippen LogP contribution in [0.25, 0.3) is 0 Å². The van der Waals surface area contributed by atoms with Gasteiger partial charge in [0, 0.05) is 32.7 Å². The Morgan fingerprint density at radius 3 is 2.80 bits per heavy atom. The Balaban J connectivity index is 1.91. The van der Waals surface area contributed by atoms with Crippen LogP contribution in [0.15, 0.2) is 6.07 Å². The van der Waals surface area contributed by atoms with Gasteiger partial charge in [0.1, 0.15) is 0 Å². The lowest BCUT2D eigenvalue weighted by Crippen LogP contribution is -2.49. The Morgan fingerprint density at radius 2 is 2.20 bits per heavy atom. The maximum absolute atomic E-state index is 4.45. The minimum absolute atomic E-state index is 0.712. The van der Waals surface area contributed by atoms with Gasteiger partial charge >= 0.3 is 0 Å². The van der Waals surface area contributed by atoms with Crippen molar-refractivity contribution in [1.82, 2.24) is 20.0 Å². The number of likely N-dealkylation sites (tertiary alicyclic amines) is 1. The molecule has 0 amide bonds. The van der Waals surface area contributed by atoms with Gasteiger partial charge in [0.15, 0.2) is 0 Å². The SMILES string of the molecule is CCCNC1CCN(Cc2cc(C)nn2C)CC1CC. The summed E-state index contributed by atoms with van der Waals surface area (Å²) in [6.45, 7) is 11.2.